The molecule has 3 rings (SSSR count). The fraction of sp³-hybridized carbons (Fsp3) is 0.818. The highest BCUT2D eigenvalue weighted by molar-refractivity contribution is 5.95. The molecule has 9 heteroatoms. The van der Waals surface area contributed by atoms with Gasteiger partial charge in [-0.1, -0.05) is 32.1 Å². The van der Waals surface area contributed by atoms with Gasteiger partial charge in [0.2, 0.25) is 11.9 Å². The van der Waals surface area contributed by atoms with Gasteiger partial charge in [0, 0.05) is 13.1 Å². The summed E-state index contributed by atoms with van der Waals surface area (Å²) in [6.07, 6.45) is 9.42. The summed E-state index contributed by atoms with van der Waals surface area (Å²) in [6.45, 7) is 1.99. The number of hydrogen-bond acceptors (Lipinski definition) is 5. The van der Waals surface area contributed by atoms with E-state index in [0.29, 0.717) is 51.5 Å². The van der Waals surface area contributed by atoms with E-state index in [0.717, 1.165) is 19.3 Å². The van der Waals surface area contributed by atoms with Crippen LogP contribution in [0.4, 0.5) is 4.79 Å². The van der Waals surface area contributed by atoms with Crippen LogP contribution in [0.2, 0.25) is 0 Å². The fourth-order valence-electron chi connectivity index (χ4n) is 4.90. The van der Waals surface area contributed by atoms with Crippen molar-refractivity contribution >= 4 is 18.0 Å². The fourth-order valence-corrected chi connectivity index (χ4v) is 4.90. The second-order valence-corrected chi connectivity index (χ2v) is 8.97. The summed E-state index contributed by atoms with van der Waals surface area (Å²) >= 11 is 0. The lowest BCUT2D eigenvalue weighted by atomic mass is 9.85. The molecule has 0 radical (unpaired) electrons. The average Bonchev–Trinajstić information content (AvgIpc) is 3.25. The van der Waals surface area contributed by atoms with Crippen molar-refractivity contribution in [2.75, 3.05) is 26.3 Å². The number of morpholine rings is 1. The normalized spacial score (nSPS) is 23.1. The Bertz CT molecular complexity index is 687. The van der Waals surface area contributed by atoms with Crippen LogP contribution in [0.15, 0.2) is 4.99 Å². The minimum atomic E-state index is -1.21. The molecule has 2 aliphatic carbocycles. The minimum absolute atomic E-state index is 0.192. The van der Waals surface area contributed by atoms with Crippen molar-refractivity contribution in [3.05, 3.63) is 0 Å². The van der Waals surface area contributed by atoms with Crippen molar-refractivity contribution in [3.8, 4) is 6.07 Å². The first-order chi connectivity index (χ1) is 15.0. The van der Waals surface area contributed by atoms with E-state index in [1.165, 1.54) is 32.1 Å². The lowest BCUT2D eigenvalue weighted by Crippen LogP contribution is -2.52. The number of ether oxygens (including phenoxy) is 1. The zero-order valence-electron chi connectivity index (χ0n) is 18.3. The Labute approximate surface area is 184 Å². The Hall–Kier alpha value is -2.34. The second-order valence-electron chi connectivity index (χ2n) is 8.97. The molecule has 3 N–H and O–H groups in total. The third-order valence-electron chi connectivity index (χ3n) is 6.72. The number of nitrogens with zero attached hydrogens (tertiary/aromatic N) is 3. The molecule has 3 aliphatic rings. The van der Waals surface area contributed by atoms with Crippen LogP contribution in [0.3, 0.4) is 0 Å². The summed E-state index contributed by atoms with van der Waals surface area (Å²) in [6, 6.07) is 1.58. The Morgan fingerprint density at radius 2 is 1.84 bits per heavy atom. The molecular weight excluding hydrogens is 398 g/mol. The van der Waals surface area contributed by atoms with Crippen LogP contribution < -0.4 is 10.6 Å². The number of amides is 2. The predicted octanol–water partition coefficient (Wildman–Crippen LogP) is 2.62. The van der Waals surface area contributed by atoms with Gasteiger partial charge < -0.3 is 20.1 Å². The summed E-state index contributed by atoms with van der Waals surface area (Å²) in [5.74, 6) is 0.490. The largest absolute Gasteiger partial charge is 0.465 e. The third-order valence-corrected chi connectivity index (χ3v) is 6.72. The number of guanidine groups is 1. The number of hydrogen-bond donors (Lipinski definition) is 3. The van der Waals surface area contributed by atoms with E-state index >= 15 is 0 Å². The van der Waals surface area contributed by atoms with Crippen molar-refractivity contribution in [2.24, 2.45) is 10.9 Å². The minimum Gasteiger partial charge on any atom is -0.465 e. The number of rotatable bonds is 6. The maximum atomic E-state index is 13.3. The molecule has 0 aromatic rings. The molecule has 2 amide bonds. The monoisotopic (exact) mass is 433 g/mol. The van der Waals surface area contributed by atoms with E-state index in [9.17, 15) is 20.0 Å². The summed E-state index contributed by atoms with van der Waals surface area (Å²) in [4.78, 5) is 31.1. The van der Waals surface area contributed by atoms with E-state index in [4.69, 9.17) is 4.74 Å². The standard InChI is InChI=1S/C22H35N5O4/c23-16-22(10-4-5-11-22)26-19(28)18(9-8-17-6-2-1-3-7-17)24-20(25-21(29)30)27-12-14-31-15-13-27/h17-18H,1-15H2,(H,24,25)(H,26,28)(H,29,30). The SMILES string of the molecule is N#CC1(NC(=O)C(CCC2CCCCC2)N=C(NC(=O)O)N2CCOCC2)CCCC1. The van der Waals surface area contributed by atoms with E-state index in [1.807, 2.05) is 4.90 Å². The molecule has 2 saturated carbocycles. The van der Waals surface area contributed by atoms with E-state index in [1.54, 1.807) is 0 Å². The molecule has 1 unspecified atom stereocenters. The van der Waals surface area contributed by atoms with Crippen molar-refractivity contribution in [1.29, 1.82) is 5.26 Å². The Kier molecular flexibility index (Phi) is 8.52. The first-order valence-electron chi connectivity index (χ1n) is 11.6. The molecule has 3 fully saturated rings. The molecule has 0 aromatic heterocycles. The van der Waals surface area contributed by atoms with Gasteiger partial charge in [-0.2, -0.15) is 5.26 Å². The van der Waals surface area contributed by atoms with Crippen LogP contribution in [0, 0.1) is 17.2 Å². The van der Waals surface area contributed by atoms with Crippen LogP contribution in [0.25, 0.3) is 0 Å². The van der Waals surface area contributed by atoms with Gasteiger partial charge in [-0.25, -0.2) is 9.79 Å². The Balaban J connectivity index is 1.77. The van der Waals surface area contributed by atoms with Crippen molar-refractivity contribution < 1.29 is 19.4 Å². The molecule has 172 valence electrons. The predicted molar refractivity (Wildman–Crippen MR) is 116 cm³/mol. The van der Waals surface area contributed by atoms with Gasteiger partial charge in [-0.3, -0.25) is 10.1 Å². The van der Waals surface area contributed by atoms with Crippen LogP contribution in [-0.2, 0) is 9.53 Å². The molecular formula is C22H35N5O4. The molecule has 9 nitrogen and oxygen atoms in total. The highest BCUT2D eigenvalue weighted by Crippen LogP contribution is 2.30. The highest BCUT2D eigenvalue weighted by Gasteiger charge is 2.37. The number of nitrogens with one attached hydrogen (secondary N) is 2. The van der Waals surface area contributed by atoms with E-state index in [-0.39, 0.29) is 11.9 Å². The first kappa shape index (κ1) is 23.3. The lowest BCUT2D eigenvalue weighted by Gasteiger charge is -2.31. The summed E-state index contributed by atoms with van der Waals surface area (Å²) in [5, 5.41) is 24.3. The zero-order valence-corrected chi connectivity index (χ0v) is 18.3. The first-order valence-corrected chi connectivity index (χ1v) is 11.6. The van der Waals surface area contributed by atoms with Crippen molar-refractivity contribution in [3.63, 3.8) is 0 Å². The molecule has 1 atom stereocenters. The summed E-state index contributed by atoms with van der Waals surface area (Å²) < 4.78 is 5.36. The van der Waals surface area contributed by atoms with Gasteiger partial charge in [0.25, 0.3) is 0 Å². The second kappa shape index (κ2) is 11.3. The summed E-state index contributed by atoms with van der Waals surface area (Å²) in [7, 11) is 0. The van der Waals surface area contributed by atoms with Gasteiger partial charge in [-0.15, -0.1) is 0 Å². The molecule has 31 heavy (non-hydrogen) atoms. The van der Waals surface area contributed by atoms with Crippen molar-refractivity contribution in [1.82, 2.24) is 15.5 Å². The molecule has 1 aliphatic heterocycles. The number of carbonyl (C=O) groups excluding carboxylic acids is 1. The van der Waals surface area contributed by atoms with Crippen LogP contribution in [0.5, 0.6) is 0 Å². The van der Waals surface area contributed by atoms with Crippen molar-refractivity contribution in [2.45, 2.75) is 82.2 Å². The van der Waals surface area contributed by atoms with E-state index in [2.05, 4.69) is 21.7 Å². The maximum absolute atomic E-state index is 13.3. The number of carbonyl (C=O) groups is 2. The molecule has 0 aromatic carbocycles. The highest BCUT2D eigenvalue weighted by atomic mass is 16.5. The Morgan fingerprint density at radius 1 is 1.16 bits per heavy atom. The van der Waals surface area contributed by atoms with Crippen LogP contribution in [-0.4, -0.2) is 65.9 Å². The summed E-state index contributed by atoms with van der Waals surface area (Å²) in [5.41, 5.74) is -0.824. The average molecular weight is 434 g/mol. The van der Waals surface area contributed by atoms with Gasteiger partial charge in [0.1, 0.15) is 11.6 Å². The van der Waals surface area contributed by atoms with Crippen LogP contribution in [0.1, 0.15) is 70.6 Å². The van der Waals surface area contributed by atoms with Crippen LogP contribution >= 0.6 is 0 Å². The zero-order chi connectivity index (χ0) is 22.1. The molecule has 1 heterocycles. The lowest BCUT2D eigenvalue weighted by molar-refractivity contribution is -0.123. The third kappa shape index (κ3) is 6.82. The quantitative estimate of drug-likeness (QED) is 0.436. The number of carboxylic acid groups (broad SMARTS) is 1. The van der Waals surface area contributed by atoms with Gasteiger partial charge in [0.15, 0.2) is 0 Å². The van der Waals surface area contributed by atoms with Gasteiger partial charge in [0.05, 0.1) is 19.3 Å². The number of aliphatic imine (C=N–C) groups is 1. The number of nitriles is 1. The molecule has 0 spiro atoms. The van der Waals surface area contributed by atoms with Gasteiger partial charge in [-0.05, 0) is 44.4 Å². The van der Waals surface area contributed by atoms with E-state index < -0.39 is 17.7 Å². The molecule has 1 saturated heterocycles. The maximum Gasteiger partial charge on any atom is 0.411 e. The smallest absolute Gasteiger partial charge is 0.411 e. The van der Waals surface area contributed by atoms with Gasteiger partial charge >= 0.3 is 6.09 Å². The molecule has 0 bridgehead atoms. The topological polar surface area (TPSA) is 127 Å². The Morgan fingerprint density at radius 3 is 2.45 bits per heavy atom.